The van der Waals surface area contributed by atoms with Crippen LogP contribution >= 0.6 is 0 Å². The third-order valence-electron chi connectivity index (χ3n) is 3.80. The Bertz CT molecular complexity index is 481. The van der Waals surface area contributed by atoms with Crippen molar-refractivity contribution in [2.24, 2.45) is 16.6 Å². The summed E-state index contributed by atoms with van der Waals surface area (Å²) in [6.07, 6.45) is 0.703. The summed E-state index contributed by atoms with van der Waals surface area (Å²) >= 11 is 0. The maximum Gasteiger partial charge on any atom is 0.511 e. The first-order valence-corrected chi connectivity index (χ1v) is 8.68. The van der Waals surface area contributed by atoms with E-state index in [-0.39, 0.29) is 19.0 Å². The third kappa shape index (κ3) is 4.48. The average molecular weight is 344 g/mol. The monoisotopic (exact) mass is 344 g/mol. The minimum Gasteiger partial charge on any atom is -0.370 e. The van der Waals surface area contributed by atoms with Crippen LogP contribution in [0.4, 0.5) is 13.2 Å². The first kappa shape index (κ1) is 19.0. The van der Waals surface area contributed by atoms with Gasteiger partial charge in [0.1, 0.15) is 0 Å². The van der Waals surface area contributed by atoms with Crippen molar-refractivity contribution >= 4 is 16.0 Å². The number of aliphatic imine (C=N–C) groups is 1. The fraction of sp³-hybridized carbons (Fsp3) is 0.917. The Balaban J connectivity index is 2.55. The van der Waals surface area contributed by atoms with E-state index in [1.54, 1.807) is 0 Å². The van der Waals surface area contributed by atoms with Crippen LogP contribution in [0.25, 0.3) is 0 Å². The molecule has 22 heavy (non-hydrogen) atoms. The van der Waals surface area contributed by atoms with Crippen molar-refractivity contribution in [1.82, 2.24) is 9.21 Å². The van der Waals surface area contributed by atoms with E-state index >= 15 is 0 Å². The number of hydrogen-bond donors (Lipinski definition) is 1. The summed E-state index contributed by atoms with van der Waals surface area (Å²) in [4.78, 5) is 6.13. The molecule has 0 amide bonds. The Kier molecular flexibility index (Phi) is 6.48. The number of sulfonamides is 1. The Hall–Kier alpha value is -1.03. The highest BCUT2D eigenvalue weighted by atomic mass is 32.2. The number of nitrogens with zero attached hydrogens (tertiary/aromatic N) is 3. The second-order valence-corrected chi connectivity index (χ2v) is 7.09. The van der Waals surface area contributed by atoms with Crippen molar-refractivity contribution in [1.29, 1.82) is 0 Å². The molecule has 2 N–H and O–H groups in total. The zero-order chi connectivity index (χ0) is 17.0. The Labute approximate surface area is 129 Å². The fourth-order valence-electron chi connectivity index (χ4n) is 2.35. The molecule has 0 spiro atoms. The second kappa shape index (κ2) is 7.49. The Morgan fingerprint density at radius 3 is 2.18 bits per heavy atom. The summed E-state index contributed by atoms with van der Waals surface area (Å²) in [5.41, 5.74) is 0.600. The van der Waals surface area contributed by atoms with Gasteiger partial charge in [0.25, 0.3) is 0 Å². The summed E-state index contributed by atoms with van der Waals surface area (Å²) in [7, 11) is -5.21. The van der Waals surface area contributed by atoms with Crippen molar-refractivity contribution in [2.75, 3.05) is 32.7 Å². The lowest BCUT2D eigenvalue weighted by molar-refractivity contribution is -0.0496. The standard InChI is InChI=1S/C12H23F3N4O2S/c1-3-18(4-2)11(16)17-9-10-5-7-19(8-6-10)22(20,21)12(13,14)15/h10H,3-9H2,1-2H3,(H2,16,17). The molecule has 1 aliphatic heterocycles. The molecule has 0 aromatic heterocycles. The lowest BCUT2D eigenvalue weighted by Gasteiger charge is -2.31. The van der Waals surface area contributed by atoms with Crippen LogP contribution < -0.4 is 5.73 Å². The zero-order valence-corrected chi connectivity index (χ0v) is 13.6. The first-order valence-electron chi connectivity index (χ1n) is 7.24. The van der Waals surface area contributed by atoms with E-state index in [4.69, 9.17) is 5.73 Å². The topological polar surface area (TPSA) is 79.0 Å². The van der Waals surface area contributed by atoms with E-state index in [1.165, 1.54) is 0 Å². The normalized spacial score (nSPS) is 19.4. The van der Waals surface area contributed by atoms with Crippen LogP contribution in [0, 0.1) is 5.92 Å². The number of guanidine groups is 1. The summed E-state index contributed by atoms with van der Waals surface area (Å²) < 4.78 is 60.5. The smallest absolute Gasteiger partial charge is 0.370 e. The van der Waals surface area contributed by atoms with Gasteiger partial charge in [0.2, 0.25) is 0 Å². The largest absolute Gasteiger partial charge is 0.511 e. The number of hydrogen-bond acceptors (Lipinski definition) is 3. The molecule has 0 aromatic carbocycles. The van der Waals surface area contributed by atoms with Gasteiger partial charge in [0.15, 0.2) is 5.96 Å². The van der Waals surface area contributed by atoms with Crippen molar-refractivity contribution in [3.8, 4) is 0 Å². The molecule has 0 radical (unpaired) electrons. The van der Waals surface area contributed by atoms with Crippen LogP contribution in [0.1, 0.15) is 26.7 Å². The van der Waals surface area contributed by atoms with Crippen LogP contribution in [0.5, 0.6) is 0 Å². The van der Waals surface area contributed by atoms with Gasteiger partial charge in [0.05, 0.1) is 0 Å². The summed E-state index contributed by atoms with van der Waals surface area (Å²) in [5.74, 6) is 0.462. The number of nitrogens with two attached hydrogens (primary N) is 1. The Morgan fingerprint density at radius 1 is 1.27 bits per heavy atom. The van der Waals surface area contributed by atoms with Gasteiger partial charge in [-0.3, -0.25) is 4.99 Å². The molecule has 0 atom stereocenters. The molecule has 130 valence electrons. The number of rotatable bonds is 5. The van der Waals surface area contributed by atoms with Crippen LogP contribution in [0.3, 0.4) is 0 Å². The van der Waals surface area contributed by atoms with E-state index in [2.05, 4.69) is 4.99 Å². The van der Waals surface area contributed by atoms with E-state index < -0.39 is 15.5 Å². The molecule has 1 heterocycles. The maximum absolute atomic E-state index is 12.5. The van der Waals surface area contributed by atoms with Gasteiger partial charge in [-0.25, -0.2) is 8.42 Å². The molecule has 1 aliphatic rings. The van der Waals surface area contributed by atoms with E-state index in [0.29, 0.717) is 29.7 Å². The predicted octanol–water partition coefficient (Wildman–Crippen LogP) is 1.20. The molecule has 0 aliphatic carbocycles. The van der Waals surface area contributed by atoms with Gasteiger partial charge in [-0.1, -0.05) is 0 Å². The van der Waals surface area contributed by atoms with Crippen LogP contribution in [0.2, 0.25) is 0 Å². The predicted molar refractivity (Wildman–Crippen MR) is 78.7 cm³/mol. The zero-order valence-electron chi connectivity index (χ0n) is 12.8. The average Bonchev–Trinajstić information content (AvgIpc) is 2.45. The van der Waals surface area contributed by atoms with Gasteiger partial charge >= 0.3 is 15.5 Å². The van der Waals surface area contributed by atoms with Crippen molar-refractivity contribution in [2.45, 2.75) is 32.2 Å². The van der Waals surface area contributed by atoms with E-state index in [1.807, 2.05) is 18.7 Å². The lowest BCUT2D eigenvalue weighted by atomic mass is 9.98. The third-order valence-corrected chi connectivity index (χ3v) is 5.43. The molecule has 10 heteroatoms. The maximum atomic E-state index is 12.5. The highest BCUT2D eigenvalue weighted by molar-refractivity contribution is 7.90. The molecular formula is C12H23F3N4O2S. The molecule has 0 saturated carbocycles. The molecule has 1 fully saturated rings. The first-order chi connectivity index (χ1) is 10.1. The number of alkyl halides is 3. The minimum atomic E-state index is -5.23. The molecule has 1 rings (SSSR count). The molecule has 0 unspecified atom stereocenters. The van der Waals surface area contributed by atoms with Gasteiger partial charge in [-0.2, -0.15) is 17.5 Å². The van der Waals surface area contributed by atoms with Crippen molar-refractivity contribution < 1.29 is 21.6 Å². The SMILES string of the molecule is CCN(CC)C(N)=NCC1CCN(S(=O)(=O)C(F)(F)F)CC1. The summed E-state index contributed by atoms with van der Waals surface area (Å²) in [5, 5.41) is 0. The van der Waals surface area contributed by atoms with Crippen molar-refractivity contribution in [3.63, 3.8) is 0 Å². The quantitative estimate of drug-likeness (QED) is 0.600. The minimum absolute atomic E-state index is 0.0498. The van der Waals surface area contributed by atoms with E-state index in [0.717, 1.165) is 13.1 Å². The number of halogens is 3. The van der Waals surface area contributed by atoms with Crippen LogP contribution in [-0.4, -0.2) is 61.8 Å². The lowest BCUT2D eigenvalue weighted by Crippen LogP contribution is -2.45. The second-order valence-electron chi connectivity index (χ2n) is 5.16. The van der Waals surface area contributed by atoms with Crippen LogP contribution in [0.15, 0.2) is 4.99 Å². The van der Waals surface area contributed by atoms with Crippen molar-refractivity contribution in [3.05, 3.63) is 0 Å². The molecule has 0 aromatic rings. The Morgan fingerprint density at radius 2 is 1.77 bits per heavy atom. The molecular weight excluding hydrogens is 321 g/mol. The van der Waals surface area contributed by atoms with Gasteiger partial charge in [-0.05, 0) is 32.6 Å². The van der Waals surface area contributed by atoms with Gasteiger partial charge < -0.3 is 10.6 Å². The summed E-state index contributed by atoms with van der Waals surface area (Å²) in [6, 6.07) is 0. The van der Waals surface area contributed by atoms with Crippen LogP contribution in [-0.2, 0) is 10.0 Å². The summed E-state index contributed by atoms with van der Waals surface area (Å²) in [6.45, 7) is 5.50. The van der Waals surface area contributed by atoms with E-state index in [9.17, 15) is 21.6 Å². The fourth-order valence-corrected chi connectivity index (χ4v) is 3.33. The molecule has 1 saturated heterocycles. The molecule has 0 bridgehead atoms. The molecule has 6 nitrogen and oxygen atoms in total. The number of piperidine rings is 1. The van der Waals surface area contributed by atoms with Gasteiger partial charge in [-0.15, -0.1) is 0 Å². The highest BCUT2D eigenvalue weighted by Gasteiger charge is 2.50. The highest BCUT2D eigenvalue weighted by Crippen LogP contribution is 2.30. The van der Waals surface area contributed by atoms with Gasteiger partial charge in [0, 0.05) is 32.7 Å².